The Balaban J connectivity index is 2.64. The Hall–Kier alpha value is -0.570. The van der Waals surface area contributed by atoms with E-state index in [1.54, 1.807) is 0 Å². The third-order valence-electron chi connectivity index (χ3n) is 3.20. The van der Waals surface area contributed by atoms with Crippen molar-refractivity contribution in [3.63, 3.8) is 0 Å². The van der Waals surface area contributed by atoms with E-state index in [2.05, 4.69) is 44.5 Å². The van der Waals surface area contributed by atoms with Crippen LogP contribution >= 0.6 is 0 Å². The smallest absolute Gasteiger partial charge is 0.0984 e. The van der Waals surface area contributed by atoms with Crippen molar-refractivity contribution in [1.82, 2.24) is 9.80 Å². The maximum Gasteiger partial charge on any atom is 0.0984 e. The third-order valence-corrected chi connectivity index (χ3v) is 3.20. The van der Waals surface area contributed by atoms with Gasteiger partial charge in [-0.3, -0.25) is 10.3 Å². The molecule has 1 fully saturated rings. The Kier molecular flexibility index (Phi) is 3.20. The number of piperazine rings is 1. The van der Waals surface area contributed by atoms with Gasteiger partial charge in [0.05, 0.1) is 5.84 Å². The molecule has 0 spiro atoms. The predicted molar refractivity (Wildman–Crippen MR) is 60.8 cm³/mol. The summed E-state index contributed by atoms with van der Waals surface area (Å²) in [6, 6.07) is 0. The van der Waals surface area contributed by atoms with E-state index in [9.17, 15) is 0 Å². The van der Waals surface area contributed by atoms with Gasteiger partial charge in [-0.05, 0) is 20.9 Å². The van der Waals surface area contributed by atoms with Gasteiger partial charge < -0.3 is 4.90 Å². The largest absolute Gasteiger partial charge is 0.357 e. The molecule has 3 heteroatoms. The zero-order chi connectivity index (χ0) is 10.9. The lowest BCUT2D eigenvalue weighted by atomic mass is 9.98. The molecule has 0 amide bonds. The molecule has 0 unspecified atom stereocenters. The van der Waals surface area contributed by atoms with E-state index >= 15 is 0 Å². The minimum absolute atomic E-state index is 0.194. The summed E-state index contributed by atoms with van der Waals surface area (Å²) in [5.41, 5.74) is 0.194. The summed E-state index contributed by atoms with van der Waals surface area (Å²) >= 11 is 0. The molecule has 82 valence electrons. The first kappa shape index (κ1) is 11.5. The van der Waals surface area contributed by atoms with Crippen LogP contribution in [-0.4, -0.2) is 47.9 Å². The zero-order valence-corrected chi connectivity index (χ0v) is 10.1. The predicted octanol–water partition coefficient (Wildman–Crippen LogP) is 1.65. The number of hydrogen-bond acceptors (Lipinski definition) is 2. The van der Waals surface area contributed by atoms with E-state index in [1.165, 1.54) is 0 Å². The molecular formula is C11H23N3. The monoisotopic (exact) mass is 197 g/mol. The molecule has 0 aromatic carbocycles. The minimum Gasteiger partial charge on any atom is -0.357 e. The highest BCUT2D eigenvalue weighted by Gasteiger charge is 2.32. The average Bonchev–Trinajstić information content (AvgIpc) is 2.08. The molecular weight excluding hydrogens is 174 g/mol. The fraction of sp³-hybridized carbons (Fsp3) is 0.909. The molecule has 0 saturated carbocycles. The molecule has 0 aliphatic carbocycles. The number of nitrogens with zero attached hydrogens (tertiary/aromatic N) is 2. The zero-order valence-electron chi connectivity index (χ0n) is 10.1. The van der Waals surface area contributed by atoms with Crippen LogP contribution in [-0.2, 0) is 0 Å². The van der Waals surface area contributed by atoms with Gasteiger partial charge in [-0.25, -0.2) is 0 Å². The van der Waals surface area contributed by atoms with Crippen molar-refractivity contribution in [2.45, 2.75) is 33.2 Å². The summed E-state index contributed by atoms with van der Waals surface area (Å²) in [5, 5.41) is 7.99. The van der Waals surface area contributed by atoms with Crippen LogP contribution in [0.1, 0.15) is 27.7 Å². The Bertz CT molecular complexity index is 221. The molecule has 1 rings (SSSR count). The van der Waals surface area contributed by atoms with E-state index in [4.69, 9.17) is 5.41 Å². The Labute approximate surface area is 87.6 Å². The van der Waals surface area contributed by atoms with Crippen molar-refractivity contribution < 1.29 is 0 Å². The third kappa shape index (κ3) is 2.27. The highest BCUT2D eigenvalue weighted by Crippen LogP contribution is 2.20. The summed E-state index contributed by atoms with van der Waals surface area (Å²) in [6.07, 6.45) is 0. The second-order valence-corrected chi connectivity index (χ2v) is 5.20. The summed E-state index contributed by atoms with van der Waals surface area (Å²) in [5.74, 6) is 1.13. The maximum absolute atomic E-state index is 7.99. The average molecular weight is 197 g/mol. The van der Waals surface area contributed by atoms with Crippen LogP contribution in [0.5, 0.6) is 0 Å². The first-order valence-electron chi connectivity index (χ1n) is 5.39. The SMILES string of the molecule is CC(C)C(=N)N1CCN(C)C(C)(C)C1. The number of likely N-dealkylation sites (N-methyl/N-ethyl adjacent to an activating group) is 1. The number of hydrogen-bond donors (Lipinski definition) is 1. The lowest BCUT2D eigenvalue weighted by Gasteiger charge is -2.46. The van der Waals surface area contributed by atoms with Crippen molar-refractivity contribution in [3.8, 4) is 0 Å². The molecule has 1 heterocycles. The van der Waals surface area contributed by atoms with Crippen LogP contribution in [0.25, 0.3) is 0 Å². The summed E-state index contributed by atoms with van der Waals surface area (Å²) in [4.78, 5) is 4.59. The van der Waals surface area contributed by atoms with E-state index in [-0.39, 0.29) is 5.54 Å². The van der Waals surface area contributed by atoms with Crippen LogP contribution in [0.4, 0.5) is 0 Å². The fourth-order valence-electron chi connectivity index (χ4n) is 1.81. The molecule has 0 atom stereocenters. The van der Waals surface area contributed by atoms with Crippen LogP contribution in [0.15, 0.2) is 0 Å². The van der Waals surface area contributed by atoms with Crippen LogP contribution in [0.2, 0.25) is 0 Å². The van der Waals surface area contributed by atoms with Crippen LogP contribution < -0.4 is 0 Å². The van der Waals surface area contributed by atoms with Gasteiger partial charge in [0.15, 0.2) is 0 Å². The fourth-order valence-corrected chi connectivity index (χ4v) is 1.81. The van der Waals surface area contributed by atoms with Gasteiger partial charge in [-0.1, -0.05) is 13.8 Å². The van der Waals surface area contributed by atoms with Gasteiger partial charge in [0.1, 0.15) is 0 Å². The maximum atomic E-state index is 7.99. The molecule has 1 aliphatic heterocycles. The normalized spacial score (nSPS) is 22.9. The standard InChI is InChI=1S/C11H23N3/c1-9(2)10(12)14-7-6-13(5)11(3,4)8-14/h9,12H,6-8H2,1-5H3. The summed E-state index contributed by atoms with van der Waals surface area (Å²) in [7, 11) is 2.16. The lowest BCUT2D eigenvalue weighted by molar-refractivity contribution is 0.0719. The molecule has 0 aromatic heterocycles. The van der Waals surface area contributed by atoms with E-state index in [0.717, 1.165) is 25.5 Å². The molecule has 3 nitrogen and oxygen atoms in total. The Morgan fingerprint density at radius 1 is 1.29 bits per heavy atom. The number of nitrogens with one attached hydrogen (secondary N) is 1. The molecule has 0 aromatic rings. The van der Waals surface area contributed by atoms with Gasteiger partial charge in [0, 0.05) is 31.1 Å². The quantitative estimate of drug-likeness (QED) is 0.512. The van der Waals surface area contributed by atoms with Crippen LogP contribution in [0, 0.1) is 11.3 Å². The summed E-state index contributed by atoms with van der Waals surface area (Å²) in [6.45, 7) is 11.7. The Morgan fingerprint density at radius 2 is 1.86 bits per heavy atom. The molecule has 0 radical (unpaired) electrons. The second kappa shape index (κ2) is 3.89. The van der Waals surface area contributed by atoms with Gasteiger partial charge in [0.25, 0.3) is 0 Å². The Morgan fingerprint density at radius 3 is 2.29 bits per heavy atom. The molecule has 1 N–H and O–H groups in total. The molecule has 1 saturated heterocycles. The molecule has 0 bridgehead atoms. The second-order valence-electron chi connectivity index (χ2n) is 5.20. The van der Waals surface area contributed by atoms with Crippen LogP contribution in [0.3, 0.4) is 0 Å². The van der Waals surface area contributed by atoms with E-state index in [1.807, 2.05) is 0 Å². The molecule has 1 aliphatic rings. The van der Waals surface area contributed by atoms with E-state index < -0.39 is 0 Å². The van der Waals surface area contributed by atoms with Gasteiger partial charge in [-0.15, -0.1) is 0 Å². The lowest BCUT2D eigenvalue weighted by Crippen LogP contribution is -2.59. The highest BCUT2D eigenvalue weighted by molar-refractivity contribution is 5.81. The minimum atomic E-state index is 0.194. The summed E-state index contributed by atoms with van der Waals surface area (Å²) < 4.78 is 0. The van der Waals surface area contributed by atoms with Crippen molar-refractivity contribution in [2.75, 3.05) is 26.7 Å². The van der Waals surface area contributed by atoms with Crippen molar-refractivity contribution in [2.24, 2.45) is 5.92 Å². The number of rotatable bonds is 1. The van der Waals surface area contributed by atoms with Gasteiger partial charge in [0.2, 0.25) is 0 Å². The van der Waals surface area contributed by atoms with Gasteiger partial charge >= 0.3 is 0 Å². The topological polar surface area (TPSA) is 30.3 Å². The van der Waals surface area contributed by atoms with Crippen molar-refractivity contribution in [3.05, 3.63) is 0 Å². The van der Waals surface area contributed by atoms with Crippen molar-refractivity contribution >= 4 is 5.84 Å². The highest BCUT2D eigenvalue weighted by atomic mass is 15.3. The first-order valence-corrected chi connectivity index (χ1v) is 5.39. The van der Waals surface area contributed by atoms with Gasteiger partial charge in [-0.2, -0.15) is 0 Å². The number of amidine groups is 1. The van der Waals surface area contributed by atoms with Crippen molar-refractivity contribution in [1.29, 1.82) is 5.41 Å². The van der Waals surface area contributed by atoms with E-state index in [0.29, 0.717) is 5.92 Å². The molecule has 14 heavy (non-hydrogen) atoms. The first-order chi connectivity index (χ1) is 6.34.